The second-order valence-corrected chi connectivity index (χ2v) is 6.12. The molecular formula is C22H23N3O. The highest BCUT2D eigenvalue weighted by Crippen LogP contribution is 2.17. The average Bonchev–Trinajstić information content (AvgIpc) is 2.68. The smallest absolute Gasteiger partial charge is 0.228 e. The summed E-state index contributed by atoms with van der Waals surface area (Å²) in [6, 6.07) is 23.9. The monoisotopic (exact) mass is 345 g/mol. The van der Waals surface area contributed by atoms with Crippen LogP contribution in [0.4, 0.5) is 11.5 Å². The zero-order chi connectivity index (χ0) is 18.2. The molecule has 1 heterocycles. The van der Waals surface area contributed by atoms with Crippen LogP contribution in [0.1, 0.15) is 18.1 Å². The molecule has 0 fully saturated rings. The number of rotatable bonds is 7. The Morgan fingerprint density at radius 2 is 1.58 bits per heavy atom. The molecule has 4 heteroatoms. The summed E-state index contributed by atoms with van der Waals surface area (Å²) in [5.74, 6) is 0.861. The molecule has 3 rings (SSSR count). The molecular weight excluding hydrogens is 322 g/mol. The highest BCUT2D eigenvalue weighted by molar-refractivity contribution is 5.92. The predicted molar refractivity (Wildman–Crippen MR) is 106 cm³/mol. The first-order valence-electron chi connectivity index (χ1n) is 8.83. The van der Waals surface area contributed by atoms with Crippen LogP contribution < -0.4 is 10.2 Å². The predicted octanol–water partition coefficient (Wildman–Crippen LogP) is 4.29. The van der Waals surface area contributed by atoms with E-state index in [1.54, 1.807) is 6.20 Å². The number of nitrogens with one attached hydrogen (secondary N) is 1. The average molecular weight is 345 g/mol. The first-order valence-corrected chi connectivity index (χ1v) is 8.83. The van der Waals surface area contributed by atoms with Crippen molar-refractivity contribution in [2.75, 3.05) is 16.8 Å². The number of aromatic nitrogens is 1. The van der Waals surface area contributed by atoms with Gasteiger partial charge in [-0.25, -0.2) is 4.98 Å². The first kappa shape index (κ1) is 17.7. The van der Waals surface area contributed by atoms with Crippen molar-refractivity contribution in [1.82, 2.24) is 4.98 Å². The fraction of sp³-hybridized carbons (Fsp3) is 0.182. The Morgan fingerprint density at radius 3 is 2.15 bits per heavy atom. The lowest BCUT2D eigenvalue weighted by molar-refractivity contribution is -0.115. The molecule has 0 aliphatic carbocycles. The number of benzene rings is 2. The third kappa shape index (κ3) is 4.93. The summed E-state index contributed by atoms with van der Waals surface area (Å²) in [6.07, 6.45) is 2.07. The van der Waals surface area contributed by atoms with Gasteiger partial charge in [0.15, 0.2) is 0 Å². The van der Waals surface area contributed by atoms with E-state index in [1.165, 1.54) is 5.56 Å². The summed E-state index contributed by atoms with van der Waals surface area (Å²) in [5.41, 5.74) is 2.96. The zero-order valence-electron chi connectivity index (χ0n) is 14.9. The van der Waals surface area contributed by atoms with Crippen LogP contribution >= 0.6 is 0 Å². The van der Waals surface area contributed by atoms with Gasteiger partial charge in [0.2, 0.25) is 5.91 Å². The quantitative estimate of drug-likeness (QED) is 0.695. The molecule has 0 atom stereocenters. The van der Waals surface area contributed by atoms with Crippen molar-refractivity contribution >= 4 is 17.4 Å². The molecule has 1 N–H and O–H groups in total. The number of amides is 1. The van der Waals surface area contributed by atoms with Gasteiger partial charge in [-0.05, 0) is 30.2 Å². The topological polar surface area (TPSA) is 45.2 Å². The van der Waals surface area contributed by atoms with Crippen molar-refractivity contribution in [1.29, 1.82) is 0 Å². The molecule has 0 spiro atoms. The number of carbonyl (C=O) groups excluding carboxylic acids is 1. The second-order valence-electron chi connectivity index (χ2n) is 6.12. The zero-order valence-corrected chi connectivity index (χ0v) is 14.9. The summed E-state index contributed by atoms with van der Waals surface area (Å²) in [6.45, 7) is 3.78. The third-order valence-corrected chi connectivity index (χ3v) is 4.16. The number of carbonyl (C=O) groups is 1. The van der Waals surface area contributed by atoms with E-state index in [0.29, 0.717) is 12.1 Å². The Labute approximate surface area is 154 Å². The fourth-order valence-corrected chi connectivity index (χ4v) is 2.79. The minimum Gasteiger partial charge on any atom is -0.353 e. The minimum absolute atomic E-state index is 0.0395. The molecule has 0 aliphatic heterocycles. The maximum absolute atomic E-state index is 12.1. The fourth-order valence-electron chi connectivity index (χ4n) is 2.79. The van der Waals surface area contributed by atoms with Crippen molar-refractivity contribution in [3.05, 3.63) is 90.1 Å². The Bertz CT molecular complexity index is 817. The van der Waals surface area contributed by atoms with E-state index >= 15 is 0 Å². The van der Waals surface area contributed by atoms with Crippen molar-refractivity contribution in [2.45, 2.75) is 19.9 Å². The summed E-state index contributed by atoms with van der Waals surface area (Å²) < 4.78 is 0. The van der Waals surface area contributed by atoms with Gasteiger partial charge in [0.05, 0.1) is 18.3 Å². The molecule has 3 aromatic rings. The van der Waals surface area contributed by atoms with E-state index in [-0.39, 0.29) is 5.91 Å². The van der Waals surface area contributed by atoms with Gasteiger partial charge >= 0.3 is 0 Å². The van der Waals surface area contributed by atoms with Gasteiger partial charge < -0.3 is 10.2 Å². The molecule has 0 aliphatic rings. The van der Waals surface area contributed by atoms with Crippen LogP contribution in [-0.4, -0.2) is 17.4 Å². The number of hydrogen-bond acceptors (Lipinski definition) is 3. The van der Waals surface area contributed by atoms with Crippen LogP contribution in [0.5, 0.6) is 0 Å². The van der Waals surface area contributed by atoms with E-state index in [9.17, 15) is 4.79 Å². The lowest BCUT2D eigenvalue weighted by Gasteiger charge is -2.22. The summed E-state index contributed by atoms with van der Waals surface area (Å²) in [5, 5.41) is 2.90. The molecule has 0 unspecified atom stereocenters. The van der Waals surface area contributed by atoms with Gasteiger partial charge in [-0.15, -0.1) is 0 Å². The molecule has 2 aromatic carbocycles. The normalized spacial score (nSPS) is 10.3. The van der Waals surface area contributed by atoms with Crippen molar-refractivity contribution < 1.29 is 4.79 Å². The van der Waals surface area contributed by atoms with Gasteiger partial charge in [-0.1, -0.05) is 60.7 Å². The van der Waals surface area contributed by atoms with Crippen molar-refractivity contribution in [2.24, 2.45) is 0 Å². The standard InChI is InChI=1S/C22H23N3O/c1-2-25(17-19-11-7-4-8-12-19)21-14-13-20(16-23-21)24-22(26)15-18-9-5-3-6-10-18/h3-14,16H,2,15,17H2,1H3,(H,24,26). The van der Waals surface area contributed by atoms with Crippen molar-refractivity contribution in [3.63, 3.8) is 0 Å². The highest BCUT2D eigenvalue weighted by Gasteiger charge is 2.08. The van der Waals surface area contributed by atoms with Crippen molar-refractivity contribution in [3.8, 4) is 0 Å². The minimum atomic E-state index is -0.0395. The lowest BCUT2D eigenvalue weighted by atomic mass is 10.1. The first-order chi connectivity index (χ1) is 12.7. The molecule has 0 radical (unpaired) electrons. The largest absolute Gasteiger partial charge is 0.353 e. The summed E-state index contributed by atoms with van der Waals surface area (Å²) in [7, 11) is 0. The van der Waals surface area contributed by atoms with Gasteiger partial charge in [0.25, 0.3) is 0 Å². The summed E-state index contributed by atoms with van der Waals surface area (Å²) >= 11 is 0. The van der Waals surface area contributed by atoms with Crippen LogP contribution in [0.2, 0.25) is 0 Å². The Hall–Kier alpha value is -3.14. The molecule has 1 amide bonds. The van der Waals surface area contributed by atoms with E-state index in [0.717, 1.165) is 24.5 Å². The number of anilines is 2. The van der Waals surface area contributed by atoms with Gasteiger partial charge in [0, 0.05) is 13.1 Å². The van der Waals surface area contributed by atoms with Gasteiger partial charge in [-0.2, -0.15) is 0 Å². The molecule has 26 heavy (non-hydrogen) atoms. The van der Waals surface area contributed by atoms with Crippen LogP contribution in [0.15, 0.2) is 79.0 Å². The Kier molecular flexibility index (Phi) is 5.99. The number of nitrogens with zero attached hydrogens (tertiary/aromatic N) is 2. The number of pyridine rings is 1. The highest BCUT2D eigenvalue weighted by atomic mass is 16.1. The molecule has 132 valence electrons. The Morgan fingerprint density at radius 1 is 0.923 bits per heavy atom. The molecule has 0 saturated heterocycles. The maximum atomic E-state index is 12.1. The van der Waals surface area contributed by atoms with Crippen LogP contribution in [0.25, 0.3) is 0 Å². The lowest BCUT2D eigenvalue weighted by Crippen LogP contribution is -2.23. The third-order valence-electron chi connectivity index (χ3n) is 4.16. The van der Waals surface area contributed by atoms with Crippen LogP contribution in [0.3, 0.4) is 0 Å². The maximum Gasteiger partial charge on any atom is 0.228 e. The van der Waals surface area contributed by atoms with Crippen LogP contribution in [-0.2, 0) is 17.8 Å². The van der Waals surface area contributed by atoms with E-state index in [4.69, 9.17) is 0 Å². The molecule has 0 saturated carbocycles. The SMILES string of the molecule is CCN(Cc1ccccc1)c1ccc(NC(=O)Cc2ccccc2)cn1. The molecule has 0 bridgehead atoms. The van der Waals surface area contributed by atoms with E-state index in [2.05, 4.69) is 34.3 Å². The second kappa shape index (κ2) is 8.81. The number of hydrogen-bond donors (Lipinski definition) is 1. The Balaban J connectivity index is 1.61. The summed E-state index contributed by atoms with van der Waals surface area (Å²) in [4.78, 5) is 18.9. The van der Waals surface area contributed by atoms with E-state index in [1.807, 2.05) is 60.7 Å². The van der Waals surface area contributed by atoms with Crippen LogP contribution in [0, 0.1) is 0 Å². The molecule has 4 nitrogen and oxygen atoms in total. The van der Waals surface area contributed by atoms with E-state index < -0.39 is 0 Å². The molecule has 1 aromatic heterocycles. The van der Waals surface area contributed by atoms with Gasteiger partial charge in [0.1, 0.15) is 5.82 Å². The van der Waals surface area contributed by atoms with Gasteiger partial charge in [-0.3, -0.25) is 4.79 Å².